The number of halogens is 7. The van der Waals surface area contributed by atoms with Crippen LogP contribution in [0.25, 0.3) is 0 Å². The zero-order valence-electron chi connectivity index (χ0n) is 48.9. The van der Waals surface area contributed by atoms with Gasteiger partial charge in [-0.15, -0.1) is 0 Å². The van der Waals surface area contributed by atoms with Crippen LogP contribution in [0.15, 0.2) is 84.9 Å². The predicted octanol–water partition coefficient (Wildman–Crippen LogP) is 5.50. The van der Waals surface area contributed by atoms with E-state index in [9.17, 15) is 61.3 Å². The molecule has 0 saturated carbocycles. The third-order valence-corrected chi connectivity index (χ3v) is 16.0. The molecule has 452 valence electrons. The van der Waals surface area contributed by atoms with Crippen LogP contribution in [0.3, 0.4) is 0 Å². The van der Waals surface area contributed by atoms with Gasteiger partial charge in [0.15, 0.2) is 0 Å². The van der Waals surface area contributed by atoms with Crippen LogP contribution in [0.2, 0.25) is 0 Å². The molecule has 0 unspecified atom stereocenters. The summed E-state index contributed by atoms with van der Waals surface area (Å²) >= 11 is 0. The molecule has 83 heavy (non-hydrogen) atoms. The Morgan fingerprint density at radius 3 is 1.25 bits per heavy atom. The Morgan fingerprint density at radius 1 is 0.554 bits per heavy atom. The molecule has 0 spiro atoms. The molecule has 0 radical (unpaired) electrons. The molecule has 4 fully saturated rings. The molecule has 4 aromatic rings. The Morgan fingerprint density at radius 2 is 0.916 bits per heavy atom. The van der Waals surface area contributed by atoms with Crippen molar-refractivity contribution in [3.05, 3.63) is 127 Å². The third kappa shape index (κ3) is 21.4. The van der Waals surface area contributed by atoms with Crippen molar-refractivity contribution >= 4 is 46.0 Å². The average Bonchev–Trinajstić information content (AvgIpc) is 3.58. The van der Waals surface area contributed by atoms with Crippen molar-refractivity contribution in [2.24, 2.45) is 11.8 Å². The van der Waals surface area contributed by atoms with E-state index in [1.54, 1.807) is 0 Å². The number of likely N-dealkylation sites (tertiary alicyclic amines) is 1. The number of anilines is 4. The molecule has 15 nitrogen and oxygen atoms in total. The summed E-state index contributed by atoms with van der Waals surface area (Å²) in [6.45, 7) is 20.3. The van der Waals surface area contributed by atoms with E-state index in [0.29, 0.717) is 44.2 Å². The number of aliphatic carboxylic acids is 1. The van der Waals surface area contributed by atoms with Crippen LogP contribution in [-0.4, -0.2) is 91.1 Å². The molecule has 0 atom stereocenters. The second kappa shape index (κ2) is 30.9. The molecule has 0 aliphatic carbocycles. The van der Waals surface area contributed by atoms with Gasteiger partial charge < -0.3 is 53.0 Å². The fourth-order valence-electron chi connectivity index (χ4n) is 11.0. The molecule has 4 aliphatic rings. The Hall–Kier alpha value is -5.75. The number of alkyl halides is 6. The van der Waals surface area contributed by atoms with E-state index >= 15 is 0 Å². The standard InChI is InChI=1S/C30H39F3N4O3.C18H27NO2.C12H14F3N3O2.ClH.Li/c1-29(2,3)22-5-8-25(9-6-22)35-16-12-21(13-17-35)4-11-28(38)36-18-14-23(15-19-36)34-24-7-10-27(37(39)40)26(20-24)30(31,32)33;1-18(2,3)15-5-7-16(8-6-15)19-12-10-14(11-13-19)4-9-17(20)21;13-12(14,15)10-7-9(1-2-11(10)18(19)20)17-8-3-5-16-6-4-8;;/h5-10,20-21,23,34H,4,11-19H2,1-3H3;5-8,14H,4,9-13H2,1-3H3,(H,20,21);1-2,7-8,16-17H,3-6H2;1H;/q;;;;+1/p-1. The van der Waals surface area contributed by atoms with Crippen molar-refractivity contribution in [1.82, 2.24) is 4.90 Å². The number of nitrogens with zero attached hydrogens (tertiary/aromatic N) is 5. The number of hydrogen-bond donors (Lipinski definition) is 3. The maximum atomic E-state index is 13.3. The van der Waals surface area contributed by atoms with Crippen LogP contribution in [0.1, 0.15) is 141 Å². The number of rotatable bonds is 14. The minimum Gasteiger partial charge on any atom is -1.00 e. The van der Waals surface area contributed by atoms with Crippen molar-refractivity contribution in [3.63, 3.8) is 0 Å². The first-order valence-electron chi connectivity index (χ1n) is 28.3. The van der Waals surface area contributed by atoms with E-state index in [0.717, 1.165) is 115 Å². The summed E-state index contributed by atoms with van der Waals surface area (Å²) in [5.74, 6) is 0.273. The van der Waals surface area contributed by atoms with Gasteiger partial charge in [-0.05, 0) is 140 Å². The molecule has 4 saturated heterocycles. The second-order valence-electron chi connectivity index (χ2n) is 24.0. The topological polar surface area (TPSA) is 194 Å². The number of nitro benzene ring substituents is 2. The average molecular weight is 1180 g/mol. The summed E-state index contributed by atoms with van der Waals surface area (Å²) in [4.78, 5) is 49.7. The van der Waals surface area contributed by atoms with E-state index in [1.807, 2.05) is 4.90 Å². The number of nitrogens with two attached hydrogens (primary N) is 1. The monoisotopic (exact) mass is 1180 g/mol. The van der Waals surface area contributed by atoms with Gasteiger partial charge in [-0.25, -0.2) is 0 Å². The Bertz CT molecular complexity index is 2720. The number of hydrogen-bond acceptors (Lipinski definition) is 11. The second-order valence-corrected chi connectivity index (χ2v) is 24.0. The molecule has 0 aromatic heterocycles. The van der Waals surface area contributed by atoms with Crippen molar-refractivity contribution in [2.45, 2.75) is 154 Å². The zero-order chi connectivity index (χ0) is 59.3. The minimum absolute atomic E-state index is 0. The molecule has 8 rings (SSSR count). The van der Waals surface area contributed by atoms with Gasteiger partial charge in [0.05, 0.1) is 22.9 Å². The number of carbonyl (C=O) groups excluding carboxylic acids is 2. The number of benzene rings is 4. The number of piperidine rings is 4. The maximum Gasteiger partial charge on any atom is 1.00 e. The fraction of sp³-hybridized carbons (Fsp3) is 0.567. The summed E-state index contributed by atoms with van der Waals surface area (Å²) in [6, 6.07) is 23.7. The number of carboxylic acids is 1. The van der Waals surface area contributed by atoms with Crippen LogP contribution >= 0.6 is 0 Å². The van der Waals surface area contributed by atoms with Crippen LogP contribution in [0, 0.1) is 32.1 Å². The minimum atomic E-state index is -4.82. The maximum absolute atomic E-state index is 13.3. The van der Waals surface area contributed by atoms with E-state index in [1.165, 1.54) is 34.6 Å². The van der Waals surface area contributed by atoms with Crippen molar-refractivity contribution in [2.75, 3.05) is 72.8 Å². The first-order valence-corrected chi connectivity index (χ1v) is 28.3. The van der Waals surface area contributed by atoms with Gasteiger partial charge in [0.2, 0.25) is 5.91 Å². The van der Waals surface area contributed by atoms with Crippen molar-refractivity contribution in [3.8, 4) is 0 Å². The van der Waals surface area contributed by atoms with E-state index in [-0.39, 0.29) is 77.9 Å². The van der Waals surface area contributed by atoms with Crippen LogP contribution < -0.4 is 62.1 Å². The Labute approximate surface area is 502 Å². The van der Waals surface area contributed by atoms with E-state index < -0.39 is 50.7 Å². The van der Waals surface area contributed by atoms with Crippen LogP contribution in [0.4, 0.5) is 60.5 Å². The molecule has 23 heteroatoms. The largest absolute Gasteiger partial charge is 1.00 e. The smallest absolute Gasteiger partial charge is 1.00 e. The van der Waals surface area contributed by atoms with Gasteiger partial charge in [-0.2, -0.15) is 26.3 Å². The number of carbonyl (C=O) groups is 2. The van der Waals surface area contributed by atoms with Crippen LogP contribution in [-0.2, 0) is 32.8 Å². The van der Waals surface area contributed by atoms with Gasteiger partial charge in [-0.3, -0.25) is 25.0 Å². The van der Waals surface area contributed by atoms with Gasteiger partial charge in [0.25, 0.3) is 11.4 Å². The van der Waals surface area contributed by atoms with Crippen molar-refractivity contribution < 1.29 is 87.5 Å². The predicted molar refractivity (Wildman–Crippen MR) is 301 cm³/mol. The summed E-state index contributed by atoms with van der Waals surface area (Å²) in [7, 11) is 0. The number of nitro groups is 2. The summed E-state index contributed by atoms with van der Waals surface area (Å²) in [6.07, 6.45) is 0.0169. The normalized spacial score (nSPS) is 16.9. The van der Waals surface area contributed by atoms with Crippen LogP contribution in [0.5, 0.6) is 0 Å². The molecular formula is C60H80ClF6LiN8O7. The van der Waals surface area contributed by atoms with Gasteiger partial charge in [0, 0.05) is 111 Å². The zero-order valence-corrected chi connectivity index (χ0v) is 49.6. The molecule has 4 heterocycles. The van der Waals surface area contributed by atoms with Crippen molar-refractivity contribution in [1.29, 1.82) is 0 Å². The SMILES string of the molecule is CC(C)(C)c1ccc(N2CCC(CCC(=O)N3CCC(Nc4ccc([N+](=O)[O-])c(C(F)(F)F)c4)CC3)CC2)cc1.CC(C)(C)c1ccc(N2CCC(CCC(=O)[O-])CC2)cc1.O=[N+]([O-])c1ccc(NC2CC[NH2+]CC2)cc1C(F)(F)F.[Cl-].[Li+]. The van der Waals surface area contributed by atoms with Gasteiger partial charge in [0.1, 0.15) is 11.1 Å². The van der Waals surface area contributed by atoms with Gasteiger partial charge >= 0.3 is 31.2 Å². The Kier molecular flexibility index (Phi) is 25.9. The first kappa shape index (κ1) is 69.7. The van der Waals surface area contributed by atoms with E-state index in [2.05, 4.69) is 116 Å². The number of amides is 1. The number of nitrogens with one attached hydrogen (secondary N) is 2. The number of quaternary nitrogens is 1. The summed E-state index contributed by atoms with van der Waals surface area (Å²) in [5.41, 5.74) is 1.65. The molecular weight excluding hydrogens is 1100 g/mol. The summed E-state index contributed by atoms with van der Waals surface area (Å²) in [5, 5.41) is 40.4. The Balaban J connectivity index is 0.000000290. The van der Waals surface area contributed by atoms with E-state index in [4.69, 9.17) is 0 Å². The summed E-state index contributed by atoms with van der Waals surface area (Å²) < 4.78 is 78.3. The number of carboxylic acid groups (broad SMARTS) is 1. The molecule has 1 amide bonds. The molecule has 4 aromatic carbocycles. The quantitative estimate of drug-likeness (QED) is 0.0625. The fourth-order valence-corrected chi connectivity index (χ4v) is 11.0. The third-order valence-electron chi connectivity index (χ3n) is 16.0. The molecule has 4 aliphatic heterocycles. The van der Waals surface area contributed by atoms with Gasteiger partial charge in [-0.1, -0.05) is 65.8 Å². The first-order chi connectivity index (χ1) is 38.0. The molecule has 0 bridgehead atoms. The molecule has 4 N–H and O–H groups in total.